The average molecular weight is 462 g/mol. The van der Waals surface area contributed by atoms with Crippen LogP contribution in [0, 0.1) is 5.92 Å². The lowest BCUT2D eigenvalue weighted by molar-refractivity contribution is -0.173. The highest BCUT2D eigenvalue weighted by Crippen LogP contribution is 2.28. The molecular weight excluding hydrogens is 432 g/mol. The van der Waals surface area contributed by atoms with E-state index >= 15 is 0 Å². The number of ketones is 1. The smallest absolute Gasteiger partial charge is 0.407 e. The van der Waals surface area contributed by atoms with E-state index in [0.29, 0.717) is 0 Å². The summed E-state index contributed by atoms with van der Waals surface area (Å²) in [5, 5.41) is 2.35. The molecule has 2 aromatic rings. The van der Waals surface area contributed by atoms with Crippen molar-refractivity contribution in [1.29, 1.82) is 0 Å². The van der Waals surface area contributed by atoms with Crippen molar-refractivity contribution in [3.63, 3.8) is 0 Å². The molecule has 1 N–H and O–H groups in total. The van der Waals surface area contributed by atoms with Gasteiger partial charge in [-0.3, -0.25) is 4.79 Å². The van der Waals surface area contributed by atoms with E-state index < -0.39 is 48.3 Å². The zero-order valence-electron chi connectivity index (χ0n) is 19.2. The van der Waals surface area contributed by atoms with Gasteiger partial charge in [0.15, 0.2) is 5.78 Å². The maximum Gasteiger partial charge on any atom is 0.407 e. The van der Waals surface area contributed by atoms with E-state index in [1.54, 1.807) is 32.9 Å². The van der Waals surface area contributed by atoms with Crippen molar-refractivity contribution in [2.24, 2.45) is 5.92 Å². The third-order valence-corrected chi connectivity index (χ3v) is 4.62. The highest BCUT2D eigenvalue weighted by atomic mass is 19.3. The fraction of sp³-hybridized carbons (Fsp3) is 0.400. The lowest BCUT2D eigenvalue weighted by atomic mass is 9.90. The van der Waals surface area contributed by atoms with Crippen LogP contribution in [0.1, 0.15) is 44.5 Å². The summed E-state index contributed by atoms with van der Waals surface area (Å²) < 4.78 is 38.4. The minimum Gasteiger partial charge on any atom is -0.462 e. The molecule has 0 aromatic heterocycles. The Bertz CT molecular complexity index is 953. The Labute approximate surface area is 192 Å². The molecule has 0 heterocycles. The normalized spacial score (nSPS) is 12.5. The Morgan fingerprint density at radius 2 is 1.52 bits per heavy atom. The maximum atomic E-state index is 14.4. The number of rotatable bonds is 9. The summed E-state index contributed by atoms with van der Waals surface area (Å²) in [4.78, 5) is 36.8. The summed E-state index contributed by atoms with van der Waals surface area (Å²) >= 11 is 0. The molecule has 0 saturated carbocycles. The van der Waals surface area contributed by atoms with Crippen molar-refractivity contribution in [2.45, 2.75) is 45.6 Å². The van der Waals surface area contributed by atoms with Gasteiger partial charge in [-0.1, -0.05) is 54.6 Å². The van der Waals surface area contributed by atoms with Crippen LogP contribution < -0.4 is 5.32 Å². The Balaban J connectivity index is 2.22. The first-order valence-electron chi connectivity index (χ1n) is 10.6. The van der Waals surface area contributed by atoms with E-state index in [1.807, 2.05) is 30.3 Å². The number of esters is 1. The van der Waals surface area contributed by atoms with Gasteiger partial charge in [0.25, 0.3) is 0 Å². The second kappa shape index (κ2) is 11.0. The lowest BCUT2D eigenvalue weighted by Gasteiger charge is -2.23. The number of hydrogen-bond donors (Lipinski definition) is 1. The minimum atomic E-state index is -3.89. The van der Waals surface area contributed by atoms with E-state index in [2.05, 4.69) is 10.1 Å². The summed E-state index contributed by atoms with van der Waals surface area (Å²) in [6.07, 6.45) is -1.96. The standard InChI is InChI=1S/C25H29F2NO5/c1-5-32-22(30)25(26,27)15-20(16-28-23(31)33-24(2,3)4)21(29)19-13-11-18(12-14-19)17-9-7-6-8-10-17/h6-14,20H,5,15-16H2,1-4H3,(H,28,31). The van der Waals surface area contributed by atoms with E-state index in [1.165, 1.54) is 19.1 Å². The number of amides is 1. The zero-order valence-corrected chi connectivity index (χ0v) is 19.2. The first-order valence-corrected chi connectivity index (χ1v) is 10.6. The number of benzene rings is 2. The van der Waals surface area contributed by atoms with Crippen molar-refractivity contribution in [3.8, 4) is 11.1 Å². The molecular formula is C25H29F2NO5. The number of alkyl halides is 2. The fourth-order valence-corrected chi connectivity index (χ4v) is 3.10. The number of halogens is 2. The van der Waals surface area contributed by atoms with Gasteiger partial charge in [-0.15, -0.1) is 0 Å². The molecule has 0 aliphatic carbocycles. The van der Waals surface area contributed by atoms with Crippen molar-refractivity contribution >= 4 is 17.8 Å². The van der Waals surface area contributed by atoms with E-state index in [4.69, 9.17) is 4.74 Å². The SMILES string of the molecule is CCOC(=O)C(F)(F)CC(CNC(=O)OC(C)(C)C)C(=O)c1ccc(-c2ccccc2)cc1. The van der Waals surface area contributed by atoms with Gasteiger partial charge in [-0.2, -0.15) is 8.78 Å². The quantitative estimate of drug-likeness (QED) is 0.407. The largest absolute Gasteiger partial charge is 0.462 e. The first-order chi connectivity index (χ1) is 15.4. The van der Waals surface area contributed by atoms with Crippen molar-refractivity contribution in [3.05, 3.63) is 60.2 Å². The molecule has 2 aromatic carbocycles. The van der Waals surface area contributed by atoms with Crippen LogP contribution in [-0.4, -0.2) is 42.5 Å². The van der Waals surface area contributed by atoms with E-state index in [9.17, 15) is 23.2 Å². The lowest BCUT2D eigenvalue weighted by Crippen LogP contribution is -2.41. The molecule has 2 rings (SSSR count). The number of carbonyl (C=O) groups excluding carboxylic acids is 3. The van der Waals surface area contributed by atoms with Crippen LogP contribution >= 0.6 is 0 Å². The van der Waals surface area contributed by atoms with Crippen LogP contribution in [0.3, 0.4) is 0 Å². The molecule has 0 aliphatic rings. The zero-order chi connectivity index (χ0) is 24.6. The fourth-order valence-electron chi connectivity index (χ4n) is 3.10. The molecule has 0 radical (unpaired) electrons. The Hall–Kier alpha value is -3.29. The highest BCUT2D eigenvalue weighted by molar-refractivity contribution is 5.99. The van der Waals surface area contributed by atoms with Gasteiger partial charge in [0.05, 0.1) is 6.61 Å². The topological polar surface area (TPSA) is 81.7 Å². The predicted molar refractivity (Wildman–Crippen MR) is 120 cm³/mol. The highest BCUT2D eigenvalue weighted by Gasteiger charge is 2.44. The molecule has 0 spiro atoms. The molecule has 1 atom stereocenters. The second-order valence-corrected chi connectivity index (χ2v) is 8.52. The van der Waals surface area contributed by atoms with Gasteiger partial charge in [0.2, 0.25) is 0 Å². The van der Waals surface area contributed by atoms with Gasteiger partial charge in [-0.05, 0) is 38.8 Å². The Kier molecular flexibility index (Phi) is 8.68. The van der Waals surface area contributed by atoms with Crippen LogP contribution in [0.4, 0.5) is 13.6 Å². The van der Waals surface area contributed by atoms with Gasteiger partial charge in [-0.25, -0.2) is 9.59 Å². The minimum absolute atomic E-state index is 0.185. The van der Waals surface area contributed by atoms with Crippen molar-refractivity contribution in [2.75, 3.05) is 13.2 Å². The summed E-state index contributed by atoms with van der Waals surface area (Å²) in [6, 6.07) is 16.0. The maximum absolute atomic E-state index is 14.4. The summed E-state index contributed by atoms with van der Waals surface area (Å²) in [5.41, 5.74) is 1.18. The second-order valence-electron chi connectivity index (χ2n) is 8.52. The number of alkyl carbamates (subject to hydrolysis) is 1. The van der Waals surface area contributed by atoms with Gasteiger partial charge in [0, 0.05) is 24.4 Å². The number of ether oxygens (including phenoxy) is 2. The molecule has 0 saturated heterocycles. The number of hydrogen-bond acceptors (Lipinski definition) is 5. The summed E-state index contributed by atoms with van der Waals surface area (Å²) in [7, 11) is 0. The Morgan fingerprint density at radius 3 is 2.06 bits per heavy atom. The Morgan fingerprint density at radius 1 is 0.939 bits per heavy atom. The van der Waals surface area contributed by atoms with Crippen LogP contribution in [-0.2, 0) is 14.3 Å². The molecule has 0 aliphatic heterocycles. The third kappa shape index (κ3) is 7.97. The summed E-state index contributed by atoms with van der Waals surface area (Å²) in [6.45, 7) is 5.72. The molecule has 0 bridgehead atoms. The molecule has 178 valence electrons. The molecule has 1 amide bonds. The van der Waals surface area contributed by atoms with Crippen LogP contribution in [0.5, 0.6) is 0 Å². The van der Waals surface area contributed by atoms with Crippen LogP contribution in [0.15, 0.2) is 54.6 Å². The van der Waals surface area contributed by atoms with Crippen LogP contribution in [0.25, 0.3) is 11.1 Å². The van der Waals surface area contributed by atoms with Gasteiger partial charge in [0.1, 0.15) is 5.60 Å². The molecule has 33 heavy (non-hydrogen) atoms. The molecule has 0 fully saturated rings. The van der Waals surface area contributed by atoms with E-state index in [-0.39, 0.29) is 12.2 Å². The number of Topliss-reactive ketones (excluding diaryl/α,β-unsaturated/α-hetero) is 1. The first kappa shape index (κ1) is 26.0. The monoisotopic (exact) mass is 461 g/mol. The van der Waals surface area contributed by atoms with Gasteiger partial charge < -0.3 is 14.8 Å². The summed E-state index contributed by atoms with van der Waals surface area (Å²) in [5.74, 6) is -7.61. The number of nitrogens with one attached hydrogen (secondary N) is 1. The molecule has 8 heteroatoms. The van der Waals surface area contributed by atoms with Crippen LogP contribution in [0.2, 0.25) is 0 Å². The molecule has 6 nitrogen and oxygen atoms in total. The third-order valence-electron chi connectivity index (χ3n) is 4.62. The van der Waals surface area contributed by atoms with Crippen molar-refractivity contribution in [1.82, 2.24) is 5.32 Å². The number of carbonyl (C=O) groups is 3. The average Bonchev–Trinajstić information content (AvgIpc) is 2.76. The molecule has 1 unspecified atom stereocenters. The van der Waals surface area contributed by atoms with Gasteiger partial charge >= 0.3 is 18.0 Å². The van der Waals surface area contributed by atoms with E-state index in [0.717, 1.165) is 11.1 Å². The predicted octanol–water partition coefficient (Wildman–Crippen LogP) is 5.27. The van der Waals surface area contributed by atoms with Crippen molar-refractivity contribution < 1.29 is 32.6 Å².